The van der Waals surface area contributed by atoms with E-state index in [2.05, 4.69) is 21.2 Å². The lowest BCUT2D eigenvalue weighted by molar-refractivity contribution is -0.119. The molecular formula is C16H11BrClNO. The van der Waals surface area contributed by atoms with E-state index >= 15 is 0 Å². The summed E-state index contributed by atoms with van der Waals surface area (Å²) in [6.45, 7) is 0. The molecule has 1 heterocycles. The molecule has 3 rings (SSSR count). The molecule has 1 N–H and O–H groups in total. The molecule has 0 saturated carbocycles. The Bertz CT molecular complexity index is 694. The van der Waals surface area contributed by atoms with Crippen molar-refractivity contribution in [2.75, 3.05) is 0 Å². The average Bonchev–Trinajstić information content (AvgIpc) is 2.82. The van der Waals surface area contributed by atoms with Crippen LogP contribution in [0.3, 0.4) is 0 Å². The molecule has 0 saturated heterocycles. The first-order valence-electron chi connectivity index (χ1n) is 6.17. The largest absolute Gasteiger partial charge is 0.325 e. The van der Waals surface area contributed by atoms with E-state index in [0.29, 0.717) is 5.02 Å². The van der Waals surface area contributed by atoms with E-state index < -0.39 is 0 Å². The molecular weight excluding hydrogens is 338 g/mol. The highest BCUT2D eigenvalue weighted by Gasteiger charge is 2.26. The van der Waals surface area contributed by atoms with Gasteiger partial charge in [-0.1, -0.05) is 51.8 Å². The predicted molar refractivity (Wildman–Crippen MR) is 84.5 cm³/mol. The Morgan fingerprint density at radius 1 is 1.10 bits per heavy atom. The van der Waals surface area contributed by atoms with Gasteiger partial charge in [-0.2, -0.15) is 0 Å². The van der Waals surface area contributed by atoms with Crippen molar-refractivity contribution in [3.8, 4) is 0 Å². The summed E-state index contributed by atoms with van der Waals surface area (Å²) in [6.07, 6.45) is 1.94. The normalized spacial score (nSPS) is 17.8. The lowest BCUT2D eigenvalue weighted by atomic mass is 9.99. The van der Waals surface area contributed by atoms with Gasteiger partial charge in [0.25, 0.3) is 0 Å². The lowest BCUT2D eigenvalue weighted by Crippen LogP contribution is -2.19. The number of carbonyl (C=O) groups excluding carboxylic acids is 1. The maximum atomic E-state index is 12.1. The third-order valence-electron chi connectivity index (χ3n) is 3.24. The molecule has 0 bridgehead atoms. The van der Waals surface area contributed by atoms with E-state index in [4.69, 9.17) is 11.6 Å². The molecule has 1 atom stereocenters. The fraction of sp³-hybridized carbons (Fsp3) is 0.0625. The van der Waals surface area contributed by atoms with Crippen molar-refractivity contribution < 1.29 is 4.79 Å². The summed E-state index contributed by atoms with van der Waals surface area (Å²) in [5.74, 6) is -0.264. The van der Waals surface area contributed by atoms with E-state index in [1.54, 1.807) is 0 Å². The van der Waals surface area contributed by atoms with Crippen LogP contribution in [-0.2, 0) is 4.79 Å². The molecule has 1 amide bonds. The van der Waals surface area contributed by atoms with Crippen molar-refractivity contribution in [2.45, 2.75) is 5.92 Å². The smallest absolute Gasteiger partial charge is 0.235 e. The second-order valence-corrected chi connectivity index (χ2v) is 5.96. The van der Waals surface area contributed by atoms with E-state index in [1.807, 2.05) is 54.6 Å². The van der Waals surface area contributed by atoms with Gasteiger partial charge in [0.2, 0.25) is 5.91 Å². The van der Waals surface area contributed by atoms with Gasteiger partial charge in [-0.15, -0.1) is 0 Å². The summed E-state index contributed by atoms with van der Waals surface area (Å²) >= 11 is 9.38. The van der Waals surface area contributed by atoms with Gasteiger partial charge in [-0.25, -0.2) is 0 Å². The van der Waals surface area contributed by atoms with E-state index in [0.717, 1.165) is 21.3 Å². The van der Waals surface area contributed by atoms with Gasteiger partial charge in [0.05, 0.1) is 5.92 Å². The van der Waals surface area contributed by atoms with Crippen molar-refractivity contribution in [2.24, 2.45) is 0 Å². The molecule has 100 valence electrons. The van der Waals surface area contributed by atoms with Crippen LogP contribution in [0.2, 0.25) is 5.02 Å². The van der Waals surface area contributed by atoms with E-state index in [-0.39, 0.29) is 11.8 Å². The van der Waals surface area contributed by atoms with Crippen LogP contribution in [0.5, 0.6) is 0 Å². The average molecular weight is 349 g/mol. The molecule has 2 aromatic rings. The first-order valence-corrected chi connectivity index (χ1v) is 7.35. The highest BCUT2D eigenvalue weighted by Crippen LogP contribution is 2.29. The number of amides is 1. The van der Waals surface area contributed by atoms with Gasteiger partial charge in [0, 0.05) is 15.2 Å². The molecule has 0 spiro atoms. The molecule has 0 aliphatic carbocycles. The number of benzene rings is 2. The Labute approximate surface area is 130 Å². The number of halogens is 2. The molecule has 0 aromatic heterocycles. The molecule has 1 aliphatic heterocycles. The summed E-state index contributed by atoms with van der Waals surface area (Å²) in [6, 6.07) is 15.2. The van der Waals surface area contributed by atoms with Crippen LogP contribution in [0.25, 0.3) is 5.70 Å². The number of hydrogen-bond acceptors (Lipinski definition) is 1. The lowest BCUT2D eigenvalue weighted by Gasteiger charge is -2.05. The zero-order chi connectivity index (χ0) is 14.1. The number of carbonyl (C=O) groups is 1. The highest BCUT2D eigenvalue weighted by molar-refractivity contribution is 9.10. The maximum Gasteiger partial charge on any atom is 0.235 e. The van der Waals surface area contributed by atoms with Gasteiger partial charge in [0.1, 0.15) is 0 Å². The summed E-state index contributed by atoms with van der Waals surface area (Å²) in [5, 5.41) is 3.57. The number of hydrogen-bond donors (Lipinski definition) is 1. The SMILES string of the molecule is O=C1NC(c2cccc(Cl)c2)=CC1c1ccc(Br)cc1. The van der Waals surface area contributed by atoms with Crippen LogP contribution in [-0.4, -0.2) is 5.91 Å². The minimum Gasteiger partial charge on any atom is -0.325 e. The van der Waals surface area contributed by atoms with Crippen LogP contribution >= 0.6 is 27.5 Å². The van der Waals surface area contributed by atoms with E-state index in [9.17, 15) is 4.79 Å². The Balaban J connectivity index is 1.94. The Morgan fingerprint density at radius 3 is 2.55 bits per heavy atom. The first-order chi connectivity index (χ1) is 9.63. The first kappa shape index (κ1) is 13.4. The second-order valence-electron chi connectivity index (χ2n) is 4.61. The minimum absolute atomic E-state index is 0.0118. The molecule has 4 heteroatoms. The molecule has 1 unspecified atom stereocenters. The predicted octanol–water partition coefficient (Wildman–Crippen LogP) is 4.36. The highest BCUT2D eigenvalue weighted by atomic mass is 79.9. The summed E-state index contributed by atoms with van der Waals surface area (Å²) < 4.78 is 0.999. The summed E-state index contributed by atoms with van der Waals surface area (Å²) in [4.78, 5) is 12.1. The number of rotatable bonds is 2. The number of nitrogens with one attached hydrogen (secondary N) is 1. The van der Waals surface area contributed by atoms with Crippen molar-refractivity contribution in [1.29, 1.82) is 0 Å². The molecule has 2 aromatic carbocycles. The standard InChI is InChI=1S/C16H11BrClNO/c17-12-6-4-10(5-7-12)14-9-15(19-16(14)20)11-2-1-3-13(18)8-11/h1-9,14H,(H,19,20). The fourth-order valence-electron chi connectivity index (χ4n) is 2.24. The minimum atomic E-state index is -0.253. The van der Waals surface area contributed by atoms with Gasteiger partial charge < -0.3 is 5.32 Å². The monoisotopic (exact) mass is 347 g/mol. The topological polar surface area (TPSA) is 29.1 Å². The van der Waals surface area contributed by atoms with Crippen LogP contribution in [0.1, 0.15) is 17.0 Å². The Kier molecular flexibility index (Phi) is 3.64. The van der Waals surface area contributed by atoms with Crippen molar-refractivity contribution in [1.82, 2.24) is 5.32 Å². The van der Waals surface area contributed by atoms with Crippen molar-refractivity contribution in [3.05, 3.63) is 75.2 Å². The quantitative estimate of drug-likeness (QED) is 0.858. The summed E-state index contributed by atoms with van der Waals surface area (Å²) in [7, 11) is 0. The van der Waals surface area contributed by atoms with Crippen LogP contribution in [0.4, 0.5) is 0 Å². The molecule has 0 radical (unpaired) electrons. The van der Waals surface area contributed by atoms with Crippen LogP contribution in [0.15, 0.2) is 59.1 Å². The Hall–Kier alpha value is -1.58. The zero-order valence-corrected chi connectivity index (χ0v) is 12.8. The second kappa shape index (κ2) is 5.43. The van der Waals surface area contributed by atoms with Gasteiger partial charge >= 0.3 is 0 Å². The molecule has 20 heavy (non-hydrogen) atoms. The Morgan fingerprint density at radius 2 is 1.85 bits per heavy atom. The molecule has 1 aliphatic rings. The van der Waals surface area contributed by atoms with Crippen LogP contribution in [0, 0.1) is 0 Å². The fourth-order valence-corrected chi connectivity index (χ4v) is 2.69. The molecule has 2 nitrogen and oxygen atoms in total. The molecule has 0 fully saturated rings. The van der Waals surface area contributed by atoms with Crippen molar-refractivity contribution >= 4 is 39.1 Å². The van der Waals surface area contributed by atoms with E-state index in [1.165, 1.54) is 0 Å². The summed E-state index contributed by atoms with van der Waals surface area (Å²) in [5.41, 5.74) is 2.71. The van der Waals surface area contributed by atoms with Crippen LogP contribution < -0.4 is 5.32 Å². The maximum absolute atomic E-state index is 12.1. The van der Waals surface area contributed by atoms with Crippen molar-refractivity contribution in [3.63, 3.8) is 0 Å². The van der Waals surface area contributed by atoms with Gasteiger partial charge in [0.15, 0.2) is 0 Å². The third-order valence-corrected chi connectivity index (χ3v) is 4.00. The zero-order valence-electron chi connectivity index (χ0n) is 10.4. The third kappa shape index (κ3) is 2.65. The van der Waals surface area contributed by atoms with Gasteiger partial charge in [-0.05, 0) is 41.5 Å². The van der Waals surface area contributed by atoms with Gasteiger partial charge in [-0.3, -0.25) is 4.79 Å².